The minimum atomic E-state index is -4.74. The van der Waals surface area contributed by atoms with Gasteiger partial charge in [0, 0.05) is 31.4 Å². The lowest BCUT2D eigenvalue weighted by Gasteiger charge is -2.40. The van der Waals surface area contributed by atoms with Crippen molar-refractivity contribution in [3.8, 4) is 0 Å². The van der Waals surface area contributed by atoms with Gasteiger partial charge in [-0.2, -0.15) is 17.5 Å². The summed E-state index contributed by atoms with van der Waals surface area (Å²) in [5.41, 5.74) is -1.29. The fourth-order valence-corrected chi connectivity index (χ4v) is 5.69. The number of alkyl halides is 3. The highest BCUT2D eigenvalue weighted by atomic mass is 35.5. The third-order valence-corrected chi connectivity index (χ3v) is 7.66. The Morgan fingerprint density at radius 2 is 1.79 bits per heavy atom. The van der Waals surface area contributed by atoms with Crippen LogP contribution >= 0.6 is 23.2 Å². The lowest BCUT2D eigenvalue weighted by molar-refractivity contribution is -0.137. The van der Waals surface area contributed by atoms with Crippen LogP contribution < -0.4 is 4.90 Å². The minimum absolute atomic E-state index is 0.00350. The predicted molar refractivity (Wildman–Crippen MR) is 103 cm³/mol. The maximum Gasteiger partial charge on any atom is 0.418 e. The van der Waals surface area contributed by atoms with Gasteiger partial charge in [0.05, 0.1) is 15.6 Å². The van der Waals surface area contributed by atoms with Crippen molar-refractivity contribution in [2.24, 2.45) is 0 Å². The van der Waals surface area contributed by atoms with Crippen molar-refractivity contribution in [2.75, 3.05) is 24.5 Å². The lowest BCUT2D eigenvalue weighted by Crippen LogP contribution is -2.54. The third-order valence-electron chi connectivity index (χ3n) is 4.67. The Morgan fingerprint density at radius 1 is 1.10 bits per heavy atom. The second kappa shape index (κ2) is 7.94. The SMILES string of the molecule is C[C@@H]1CN(c2ccc(F)cc2C(F)(F)F)CCN1S(=O)(=O)c1cccc(Cl)c1Cl. The van der Waals surface area contributed by atoms with Crippen molar-refractivity contribution >= 4 is 38.9 Å². The molecule has 0 spiro atoms. The van der Waals surface area contributed by atoms with Gasteiger partial charge in [0.1, 0.15) is 10.7 Å². The number of benzene rings is 2. The maximum absolute atomic E-state index is 13.4. The molecule has 29 heavy (non-hydrogen) atoms. The highest BCUT2D eigenvalue weighted by molar-refractivity contribution is 7.89. The molecule has 0 aromatic heterocycles. The molecule has 1 heterocycles. The third kappa shape index (κ3) is 4.33. The summed E-state index contributed by atoms with van der Waals surface area (Å²) in [4.78, 5) is 1.24. The summed E-state index contributed by atoms with van der Waals surface area (Å²) in [6.45, 7) is 1.50. The molecule has 1 saturated heterocycles. The molecule has 0 radical (unpaired) electrons. The van der Waals surface area contributed by atoms with E-state index >= 15 is 0 Å². The van der Waals surface area contributed by atoms with E-state index in [0.717, 1.165) is 12.1 Å². The Morgan fingerprint density at radius 3 is 2.41 bits per heavy atom. The zero-order chi connectivity index (χ0) is 21.6. The van der Waals surface area contributed by atoms with Gasteiger partial charge in [0.15, 0.2) is 0 Å². The summed E-state index contributed by atoms with van der Waals surface area (Å²) in [7, 11) is -4.01. The van der Waals surface area contributed by atoms with Gasteiger partial charge in [0.25, 0.3) is 0 Å². The molecule has 0 aliphatic carbocycles. The molecule has 0 saturated carbocycles. The molecule has 158 valence electrons. The maximum atomic E-state index is 13.4. The van der Waals surface area contributed by atoms with E-state index in [1.807, 2.05) is 0 Å². The number of sulfonamides is 1. The number of anilines is 1. The van der Waals surface area contributed by atoms with Crippen LogP contribution in [0.2, 0.25) is 10.0 Å². The normalized spacial score (nSPS) is 18.9. The Bertz CT molecular complexity index is 1030. The molecule has 0 amide bonds. The first-order valence-electron chi connectivity index (χ1n) is 8.50. The van der Waals surface area contributed by atoms with Crippen LogP contribution in [0.1, 0.15) is 12.5 Å². The van der Waals surface area contributed by atoms with Crippen molar-refractivity contribution in [1.82, 2.24) is 4.31 Å². The average Bonchev–Trinajstić information content (AvgIpc) is 2.62. The first kappa shape index (κ1) is 22.1. The van der Waals surface area contributed by atoms with E-state index in [9.17, 15) is 26.0 Å². The Balaban J connectivity index is 1.90. The molecule has 1 aliphatic rings. The van der Waals surface area contributed by atoms with Crippen LogP contribution in [0.15, 0.2) is 41.3 Å². The largest absolute Gasteiger partial charge is 0.418 e. The topological polar surface area (TPSA) is 40.6 Å². The molecule has 1 atom stereocenters. The van der Waals surface area contributed by atoms with Crippen LogP contribution in [-0.4, -0.2) is 38.4 Å². The number of nitrogens with zero attached hydrogens (tertiary/aromatic N) is 2. The van der Waals surface area contributed by atoms with Crippen molar-refractivity contribution in [3.05, 3.63) is 57.8 Å². The lowest BCUT2D eigenvalue weighted by atomic mass is 10.1. The van der Waals surface area contributed by atoms with Crippen LogP contribution in [0.25, 0.3) is 0 Å². The summed E-state index contributed by atoms with van der Waals surface area (Å²) in [5.74, 6) is -0.995. The van der Waals surface area contributed by atoms with Gasteiger partial charge in [-0.15, -0.1) is 0 Å². The van der Waals surface area contributed by atoms with E-state index in [0.29, 0.717) is 6.07 Å². The molecule has 1 fully saturated rings. The van der Waals surface area contributed by atoms with Crippen molar-refractivity contribution in [1.29, 1.82) is 0 Å². The minimum Gasteiger partial charge on any atom is -0.368 e. The predicted octanol–water partition coefficient (Wildman–Crippen LogP) is 5.05. The van der Waals surface area contributed by atoms with E-state index < -0.39 is 33.6 Å². The second-order valence-electron chi connectivity index (χ2n) is 6.62. The second-order valence-corrected chi connectivity index (χ2v) is 9.27. The van der Waals surface area contributed by atoms with E-state index in [4.69, 9.17) is 23.2 Å². The van der Waals surface area contributed by atoms with Gasteiger partial charge >= 0.3 is 6.18 Å². The molecule has 2 aromatic rings. The molecule has 1 aliphatic heterocycles. The molecule has 0 unspecified atom stereocenters. The molecule has 0 N–H and O–H groups in total. The molecule has 11 heteroatoms. The summed E-state index contributed by atoms with van der Waals surface area (Å²) in [6, 6.07) is 6.02. The number of rotatable bonds is 3. The molecular weight excluding hydrogens is 455 g/mol. The number of halogens is 6. The average molecular weight is 471 g/mol. The molecule has 4 nitrogen and oxygen atoms in total. The zero-order valence-electron chi connectivity index (χ0n) is 15.0. The van der Waals surface area contributed by atoms with Crippen LogP contribution in [0.5, 0.6) is 0 Å². The molecule has 0 bridgehead atoms. The van der Waals surface area contributed by atoms with Gasteiger partial charge in [-0.05, 0) is 37.3 Å². The van der Waals surface area contributed by atoms with Crippen molar-refractivity contribution < 1.29 is 26.0 Å². The van der Waals surface area contributed by atoms with E-state index in [1.54, 1.807) is 6.92 Å². The Hall–Kier alpha value is -1.55. The van der Waals surface area contributed by atoms with E-state index in [1.165, 1.54) is 27.4 Å². The summed E-state index contributed by atoms with van der Waals surface area (Å²) in [5, 5.41) is -0.0261. The molecular formula is C18H16Cl2F4N2O2S. The number of hydrogen-bond donors (Lipinski definition) is 0. The van der Waals surface area contributed by atoms with Gasteiger partial charge in [-0.1, -0.05) is 29.3 Å². The Labute approximate surface area is 175 Å². The molecule has 2 aromatic carbocycles. The van der Waals surface area contributed by atoms with Gasteiger partial charge in [-0.3, -0.25) is 0 Å². The van der Waals surface area contributed by atoms with Crippen LogP contribution in [0.4, 0.5) is 23.2 Å². The fourth-order valence-electron chi connectivity index (χ4n) is 3.34. The fraction of sp³-hybridized carbons (Fsp3) is 0.333. The van der Waals surface area contributed by atoms with Gasteiger partial charge in [0.2, 0.25) is 10.0 Å². The molecule has 3 rings (SSSR count). The first-order chi connectivity index (χ1) is 13.4. The van der Waals surface area contributed by atoms with Gasteiger partial charge < -0.3 is 4.90 Å². The van der Waals surface area contributed by atoms with Crippen molar-refractivity contribution in [2.45, 2.75) is 24.0 Å². The van der Waals surface area contributed by atoms with E-state index in [2.05, 4.69) is 0 Å². The smallest absolute Gasteiger partial charge is 0.368 e. The highest BCUT2D eigenvalue weighted by Gasteiger charge is 2.39. The van der Waals surface area contributed by atoms with Crippen LogP contribution in [-0.2, 0) is 16.2 Å². The standard InChI is InChI=1S/C18H16Cl2F4N2O2S/c1-11-10-25(15-6-5-12(21)9-13(15)18(22,23)24)7-8-26(11)29(27,28)16-4-2-3-14(19)17(16)20/h2-6,9,11H,7-8,10H2,1H3/t11-/m1/s1. The Kier molecular flexibility index (Phi) is 6.06. The summed E-state index contributed by atoms with van der Waals surface area (Å²) >= 11 is 12.0. The first-order valence-corrected chi connectivity index (χ1v) is 10.7. The quantitative estimate of drug-likeness (QED) is 0.589. The van der Waals surface area contributed by atoms with E-state index in [-0.39, 0.29) is 40.3 Å². The zero-order valence-corrected chi connectivity index (χ0v) is 17.4. The summed E-state index contributed by atoms with van der Waals surface area (Å²) in [6.07, 6.45) is -4.74. The van der Waals surface area contributed by atoms with Crippen LogP contribution in [0.3, 0.4) is 0 Å². The number of piperazine rings is 1. The van der Waals surface area contributed by atoms with Crippen molar-refractivity contribution in [3.63, 3.8) is 0 Å². The highest BCUT2D eigenvalue weighted by Crippen LogP contribution is 2.38. The summed E-state index contributed by atoms with van der Waals surface area (Å²) < 4.78 is 80.6. The number of hydrogen-bond acceptors (Lipinski definition) is 3. The monoisotopic (exact) mass is 470 g/mol. The van der Waals surface area contributed by atoms with Crippen LogP contribution in [0, 0.1) is 5.82 Å². The van der Waals surface area contributed by atoms with Gasteiger partial charge in [-0.25, -0.2) is 12.8 Å².